The van der Waals surface area contributed by atoms with Gasteiger partial charge in [0, 0.05) is 18.5 Å². The third-order valence-electron chi connectivity index (χ3n) is 4.66. The first-order valence-electron chi connectivity index (χ1n) is 9.14. The summed E-state index contributed by atoms with van der Waals surface area (Å²) in [5.41, 5.74) is 2.69. The predicted molar refractivity (Wildman–Crippen MR) is 103 cm³/mol. The molecule has 0 spiro atoms. The number of hydrogen-bond donors (Lipinski definition) is 1. The molecule has 0 saturated heterocycles. The van der Waals surface area contributed by atoms with Crippen LogP contribution in [0, 0.1) is 6.92 Å². The van der Waals surface area contributed by atoms with E-state index >= 15 is 0 Å². The Kier molecular flexibility index (Phi) is 4.90. The largest absolute Gasteiger partial charge is 0.347 e. The van der Waals surface area contributed by atoms with Crippen molar-refractivity contribution >= 4 is 17.7 Å². The van der Waals surface area contributed by atoms with Crippen LogP contribution >= 0.6 is 0 Å². The van der Waals surface area contributed by atoms with E-state index < -0.39 is 0 Å². The van der Waals surface area contributed by atoms with Crippen LogP contribution in [0.1, 0.15) is 38.6 Å². The molecule has 0 aliphatic carbocycles. The first-order valence-corrected chi connectivity index (χ1v) is 9.14. The van der Waals surface area contributed by atoms with Crippen LogP contribution in [0.15, 0.2) is 53.1 Å². The molecule has 0 bridgehead atoms. The molecule has 3 amide bonds. The number of nitrogens with zero attached hydrogens (tertiary/aromatic N) is 3. The van der Waals surface area contributed by atoms with Crippen molar-refractivity contribution in [3.63, 3.8) is 0 Å². The molecule has 0 atom stereocenters. The molecule has 1 N–H and O–H groups in total. The molecule has 29 heavy (non-hydrogen) atoms. The van der Waals surface area contributed by atoms with Gasteiger partial charge in [0.15, 0.2) is 0 Å². The Hall–Kier alpha value is -3.81. The summed E-state index contributed by atoms with van der Waals surface area (Å²) in [6.07, 6.45) is -0.00950. The summed E-state index contributed by atoms with van der Waals surface area (Å²) < 4.78 is 5.16. The molecule has 3 aromatic rings. The average Bonchev–Trinajstić information content (AvgIpc) is 3.30. The molecule has 0 fully saturated rings. The van der Waals surface area contributed by atoms with Crippen LogP contribution in [0.5, 0.6) is 0 Å². The van der Waals surface area contributed by atoms with Gasteiger partial charge in [-0.15, -0.1) is 0 Å². The van der Waals surface area contributed by atoms with Gasteiger partial charge in [-0.3, -0.25) is 19.3 Å². The number of amides is 3. The Morgan fingerprint density at radius 3 is 2.34 bits per heavy atom. The minimum atomic E-state index is -0.377. The first-order chi connectivity index (χ1) is 14.0. The standard InChI is InChI=1S/C21H18N4O4/c1-13-6-8-14(9-7-13)19-23-18(29-24-19)12-22-17(26)10-11-25-20(27)15-4-2-3-5-16(15)21(25)28/h2-9H,10-12H2,1H3,(H,22,26). The van der Waals surface area contributed by atoms with Crippen LogP contribution < -0.4 is 5.32 Å². The maximum atomic E-state index is 12.3. The molecule has 146 valence electrons. The fraction of sp³-hybridized carbons (Fsp3) is 0.190. The summed E-state index contributed by atoms with van der Waals surface area (Å²) in [5.74, 6) is -0.359. The van der Waals surface area contributed by atoms with E-state index in [2.05, 4.69) is 15.5 Å². The van der Waals surface area contributed by atoms with Gasteiger partial charge in [-0.25, -0.2) is 0 Å². The van der Waals surface area contributed by atoms with Crippen molar-refractivity contribution in [2.75, 3.05) is 6.54 Å². The highest BCUT2D eigenvalue weighted by Gasteiger charge is 2.34. The summed E-state index contributed by atoms with van der Waals surface area (Å²) in [4.78, 5) is 42.1. The van der Waals surface area contributed by atoms with E-state index in [1.54, 1.807) is 24.3 Å². The Labute approximate surface area is 166 Å². The Bertz CT molecular complexity index is 1050. The normalized spacial score (nSPS) is 12.9. The van der Waals surface area contributed by atoms with E-state index in [-0.39, 0.29) is 43.1 Å². The van der Waals surface area contributed by atoms with E-state index in [0.29, 0.717) is 17.0 Å². The minimum Gasteiger partial charge on any atom is -0.347 e. The monoisotopic (exact) mass is 390 g/mol. The Balaban J connectivity index is 1.30. The van der Waals surface area contributed by atoms with Gasteiger partial charge < -0.3 is 9.84 Å². The lowest BCUT2D eigenvalue weighted by atomic mass is 10.1. The maximum Gasteiger partial charge on any atom is 0.261 e. The van der Waals surface area contributed by atoms with Crippen molar-refractivity contribution in [1.29, 1.82) is 0 Å². The Morgan fingerprint density at radius 2 is 1.69 bits per heavy atom. The number of nitrogens with one attached hydrogen (secondary N) is 1. The highest BCUT2D eigenvalue weighted by atomic mass is 16.5. The van der Waals surface area contributed by atoms with Crippen molar-refractivity contribution in [3.05, 3.63) is 71.1 Å². The summed E-state index contributed by atoms with van der Waals surface area (Å²) in [5, 5.41) is 6.57. The SMILES string of the molecule is Cc1ccc(-c2noc(CNC(=O)CCN3C(=O)c4ccccc4C3=O)n2)cc1. The number of carbonyl (C=O) groups is 3. The fourth-order valence-corrected chi connectivity index (χ4v) is 3.06. The van der Waals surface area contributed by atoms with Crippen molar-refractivity contribution in [3.8, 4) is 11.4 Å². The van der Waals surface area contributed by atoms with Crippen LogP contribution in [-0.2, 0) is 11.3 Å². The highest BCUT2D eigenvalue weighted by molar-refractivity contribution is 6.21. The topological polar surface area (TPSA) is 105 Å². The quantitative estimate of drug-likeness (QED) is 0.648. The highest BCUT2D eigenvalue weighted by Crippen LogP contribution is 2.22. The predicted octanol–water partition coefficient (Wildman–Crippen LogP) is 2.35. The molecule has 4 rings (SSSR count). The molecule has 2 aromatic carbocycles. The van der Waals surface area contributed by atoms with Crippen LogP contribution in [-0.4, -0.2) is 39.3 Å². The van der Waals surface area contributed by atoms with Gasteiger partial charge in [0.05, 0.1) is 17.7 Å². The van der Waals surface area contributed by atoms with Gasteiger partial charge in [0.1, 0.15) is 0 Å². The van der Waals surface area contributed by atoms with E-state index in [4.69, 9.17) is 4.52 Å². The van der Waals surface area contributed by atoms with Gasteiger partial charge in [0.2, 0.25) is 17.6 Å². The number of carbonyl (C=O) groups excluding carboxylic acids is 3. The van der Waals surface area contributed by atoms with Gasteiger partial charge in [-0.05, 0) is 19.1 Å². The summed E-state index contributed by atoms with van der Waals surface area (Å²) in [7, 11) is 0. The lowest BCUT2D eigenvalue weighted by Gasteiger charge is -2.13. The zero-order valence-corrected chi connectivity index (χ0v) is 15.7. The zero-order valence-electron chi connectivity index (χ0n) is 15.7. The number of hydrogen-bond acceptors (Lipinski definition) is 6. The van der Waals surface area contributed by atoms with E-state index in [0.717, 1.165) is 16.0 Å². The molecule has 0 unspecified atom stereocenters. The fourth-order valence-electron chi connectivity index (χ4n) is 3.06. The smallest absolute Gasteiger partial charge is 0.261 e. The van der Waals surface area contributed by atoms with Crippen molar-refractivity contribution in [1.82, 2.24) is 20.4 Å². The number of rotatable bonds is 6. The molecule has 1 aliphatic heterocycles. The third kappa shape index (κ3) is 3.77. The van der Waals surface area contributed by atoms with Crippen LogP contribution in [0.25, 0.3) is 11.4 Å². The average molecular weight is 390 g/mol. The molecule has 8 nitrogen and oxygen atoms in total. The van der Waals surface area contributed by atoms with Crippen LogP contribution in [0.3, 0.4) is 0 Å². The molecule has 8 heteroatoms. The molecule has 2 heterocycles. The molecule has 0 radical (unpaired) electrons. The van der Waals surface area contributed by atoms with E-state index in [9.17, 15) is 14.4 Å². The van der Waals surface area contributed by atoms with Crippen LogP contribution in [0.4, 0.5) is 0 Å². The lowest BCUT2D eigenvalue weighted by molar-refractivity contribution is -0.121. The lowest BCUT2D eigenvalue weighted by Crippen LogP contribution is -2.34. The van der Waals surface area contributed by atoms with Gasteiger partial charge in [-0.2, -0.15) is 4.98 Å². The van der Waals surface area contributed by atoms with Crippen molar-refractivity contribution in [2.24, 2.45) is 0 Å². The summed E-state index contributed by atoms with van der Waals surface area (Å²) in [6.45, 7) is 2.07. The number of fused-ring (bicyclic) bond motifs is 1. The molecular formula is C21H18N4O4. The minimum absolute atomic E-state index is 0.00950. The molecule has 1 aliphatic rings. The molecule has 0 saturated carbocycles. The second kappa shape index (κ2) is 7.67. The first kappa shape index (κ1) is 18.5. The van der Waals surface area contributed by atoms with Crippen LogP contribution in [0.2, 0.25) is 0 Å². The molecular weight excluding hydrogens is 372 g/mol. The van der Waals surface area contributed by atoms with Gasteiger partial charge in [0.25, 0.3) is 11.8 Å². The number of aryl methyl sites for hydroxylation is 1. The van der Waals surface area contributed by atoms with Crippen molar-refractivity contribution in [2.45, 2.75) is 19.9 Å². The number of aromatic nitrogens is 2. The maximum absolute atomic E-state index is 12.3. The second-order valence-corrected chi connectivity index (χ2v) is 6.71. The van der Waals surface area contributed by atoms with E-state index in [1.165, 1.54) is 0 Å². The Morgan fingerprint density at radius 1 is 1.03 bits per heavy atom. The summed E-state index contributed by atoms with van der Waals surface area (Å²) >= 11 is 0. The summed E-state index contributed by atoms with van der Waals surface area (Å²) in [6, 6.07) is 14.3. The van der Waals surface area contributed by atoms with Gasteiger partial charge >= 0.3 is 0 Å². The van der Waals surface area contributed by atoms with Gasteiger partial charge in [-0.1, -0.05) is 47.1 Å². The zero-order chi connectivity index (χ0) is 20.4. The second-order valence-electron chi connectivity index (χ2n) is 6.71. The number of benzene rings is 2. The van der Waals surface area contributed by atoms with Crippen molar-refractivity contribution < 1.29 is 18.9 Å². The molecule has 1 aromatic heterocycles. The van der Waals surface area contributed by atoms with E-state index in [1.807, 2.05) is 31.2 Å². The third-order valence-corrected chi connectivity index (χ3v) is 4.66. The number of imide groups is 1.